The van der Waals surface area contributed by atoms with E-state index in [0.29, 0.717) is 0 Å². The van der Waals surface area contributed by atoms with Gasteiger partial charge in [-0.25, -0.2) is 0 Å². The molecule has 0 aliphatic heterocycles. The van der Waals surface area contributed by atoms with E-state index in [9.17, 15) is 0 Å². The largest absolute Gasteiger partial charge is 0.0798 e. The summed E-state index contributed by atoms with van der Waals surface area (Å²) >= 11 is 0. The van der Waals surface area contributed by atoms with Crippen LogP contribution in [0.1, 0.15) is 0 Å². The van der Waals surface area contributed by atoms with E-state index in [4.69, 9.17) is 0 Å². The van der Waals surface area contributed by atoms with Crippen LogP contribution >= 0.6 is 54.1 Å². The Hall–Kier alpha value is 1.84. The Morgan fingerprint density at radius 2 is 1.44 bits per heavy atom. The molecule has 44 valence electrons. The minimum absolute atomic E-state index is 1.17. The molecule has 0 nitrogen and oxygen atoms in total. The summed E-state index contributed by atoms with van der Waals surface area (Å²) in [5, 5.41) is 0. The first kappa shape index (κ1) is 7.49. The first-order valence-electron chi connectivity index (χ1n) is 2.19. The van der Waals surface area contributed by atoms with Gasteiger partial charge in [0.05, 0.1) is 9.70 Å². The standard InChI is InChI=1S/C2HP7/c3-1-2(4-7-3)6-9-8-5-1/h7H. The zero-order chi connectivity index (χ0) is 6.10. The second-order valence-corrected chi connectivity index (χ2v) is 14.5. The molecule has 0 bridgehead atoms. The highest BCUT2D eigenvalue weighted by Gasteiger charge is 1.91. The van der Waals surface area contributed by atoms with Crippen molar-refractivity contribution in [1.29, 1.82) is 0 Å². The van der Waals surface area contributed by atoms with Crippen LogP contribution in [0.25, 0.3) is 9.70 Å². The van der Waals surface area contributed by atoms with Crippen molar-refractivity contribution >= 4 is 63.8 Å². The smallest absolute Gasteiger partial charge is 0.0550 e. The maximum atomic E-state index is 1.75. The molecule has 0 amide bonds. The second kappa shape index (κ2) is 3.49. The monoisotopic (exact) mass is 242 g/mol. The average Bonchev–Trinajstić information content (AvgIpc) is 2.33. The summed E-state index contributed by atoms with van der Waals surface area (Å²) < 4.78 is 0. The molecule has 0 saturated heterocycles. The Kier molecular flexibility index (Phi) is 2.90. The molecule has 0 aliphatic rings. The lowest BCUT2D eigenvalue weighted by Crippen LogP contribution is -1.25. The summed E-state index contributed by atoms with van der Waals surface area (Å²) in [4.78, 5) is 3.49. The molecule has 0 aliphatic carbocycles. The normalized spacial score (nSPS) is 16.4. The molecule has 2 rings (SSSR count). The van der Waals surface area contributed by atoms with Crippen molar-refractivity contribution in [2.45, 2.75) is 0 Å². The van der Waals surface area contributed by atoms with Crippen LogP contribution in [0.5, 0.6) is 0 Å². The second-order valence-electron chi connectivity index (χ2n) is 1.35. The van der Waals surface area contributed by atoms with Crippen LogP contribution in [0, 0.1) is 0 Å². The fourth-order valence-electron chi connectivity index (χ4n) is 0.479. The van der Waals surface area contributed by atoms with Gasteiger partial charge in [-0.15, -0.1) is 0 Å². The molecule has 0 aromatic carbocycles. The van der Waals surface area contributed by atoms with E-state index in [-0.39, 0.29) is 0 Å². The lowest BCUT2D eigenvalue weighted by atomic mass is 11.1. The van der Waals surface area contributed by atoms with Gasteiger partial charge in [-0.1, -0.05) is 7.55 Å². The van der Waals surface area contributed by atoms with Gasteiger partial charge in [0.15, 0.2) is 0 Å². The van der Waals surface area contributed by atoms with Crippen LogP contribution < -0.4 is 0 Å². The molecule has 0 spiro atoms. The molecular weight excluding hydrogens is 241 g/mol. The fourth-order valence-corrected chi connectivity index (χ4v) is 22.1. The Balaban J connectivity index is 2.95. The van der Waals surface area contributed by atoms with Crippen molar-refractivity contribution in [3.63, 3.8) is 0 Å². The number of hydrogen-bond acceptors (Lipinski definition) is 0. The molecule has 2 heterocycles. The van der Waals surface area contributed by atoms with Crippen LogP contribution in [0.4, 0.5) is 0 Å². The Bertz CT molecular complexity index is 281. The highest BCUT2D eigenvalue weighted by molar-refractivity contribution is 8.36. The summed E-state index contributed by atoms with van der Waals surface area (Å²) in [6.45, 7) is 0. The molecule has 0 fully saturated rings. The lowest BCUT2D eigenvalue weighted by molar-refractivity contribution is 3.16. The van der Waals surface area contributed by atoms with E-state index in [1.807, 2.05) is 0 Å². The molecule has 2 aromatic rings. The average molecular weight is 242 g/mol. The summed E-state index contributed by atoms with van der Waals surface area (Å²) in [7, 11) is 10.9. The molecule has 0 N–H and O–H groups in total. The zero-order valence-electron chi connectivity index (χ0n) is 4.18. The highest BCUT2D eigenvalue weighted by Crippen LogP contribution is 2.56. The van der Waals surface area contributed by atoms with Gasteiger partial charge in [-0.3, -0.25) is 0 Å². The SMILES string of the molecule is p1ppc2p[pH]pc2p1. The van der Waals surface area contributed by atoms with Gasteiger partial charge < -0.3 is 0 Å². The van der Waals surface area contributed by atoms with Crippen LogP contribution in [-0.2, 0) is 0 Å². The van der Waals surface area contributed by atoms with E-state index >= 15 is 0 Å². The van der Waals surface area contributed by atoms with Crippen molar-refractivity contribution in [1.82, 2.24) is 0 Å². The van der Waals surface area contributed by atoms with Gasteiger partial charge in [0.1, 0.15) is 0 Å². The van der Waals surface area contributed by atoms with Crippen LogP contribution in [0.15, 0.2) is 0 Å². The molecule has 0 atom stereocenters. The third-order valence-electron chi connectivity index (χ3n) is 0.831. The quantitative estimate of drug-likeness (QED) is 0.504. The van der Waals surface area contributed by atoms with E-state index in [0.717, 1.165) is 0 Å². The predicted octanol–water partition coefficient (Wildman–Crippen LogP) is 6.35. The fraction of sp³-hybridized carbons (Fsp3) is 0. The summed E-state index contributed by atoms with van der Waals surface area (Å²) in [6.07, 6.45) is 0. The minimum atomic E-state index is 1.17. The molecule has 0 unspecified atom stereocenters. The van der Waals surface area contributed by atoms with Gasteiger partial charge in [-0.2, -0.15) is 0 Å². The third-order valence-corrected chi connectivity index (χ3v) is 17.2. The summed E-state index contributed by atoms with van der Waals surface area (Å²) in [5.74, 6) is 0. The number of fused-ring (bicyclic) bond motifs is 1. The minimum Gasteiger partial charge on any atom is -0.0798 e. The van der Waals surface area contributed by atoms with Crippen LogP contribution in [0.2, 0.25) is 0 Å². The van der Waals surface area contributed by atoms with E-state index in [2.05, 4.69) is 0 Å². The molecular formula is C2HP7. The van der Waals surface area contributed by atoms with Crippen molar-refractivity contribution in [2.24, 2.45) is 0 Å². The molecule has 0 radical (unpaired) electrons. The topological polar surface area (TPSA) is 0 Å². The van der Waals surface area contributed by atoms with E-state index < -0.39 is 0 Å². The van der Waals surface area contributed by atoms with Crippen LogP contribution in [-0.4, -0.2) is 0 Å². The first-order valence-corrected chi connectivity index (χ1v) is 12.4. The maximum Gasteiger partial charge on any atom is 0.0550 e. The van der Waals surface area contributed by atoms with Crippen molar-refractivity contribution < 1.29 is 0 Å². The Morgan fingerprint density at radius 3 is 2.00 bits per heavy atom. The molecule has 2 aromatic heterocycles. The van der Waals surface area contributed by atoms with Crippen molar-refractivity contribution in [2.75, 3.05) is 0 Å². The van der Waals surface area contributed by atoms with Gasteiger partial charge in [-0.05, 0) is 46.6 Å². The molecule has 9 heavy (non-hydrogen) atoms. The zero-order valence-corrected chi connectivity index (χ0v) is 10.5. The van der Waals surface area contributed by atoms with Gasteiger partial charge in [0.2, 0.25) is 0 Å². The van der Waals surface area contributed by atoms with E-state index in [1.165, 1.54) is 7.55 Å². The Labute approximate surface area is 64.0 Å². The summed E-state index contributed by atoms with van der Waals surface area (Å²) in [5.41, 5.74) is 0. The van der Waals surface area contributed by atoms with Gasteiger partial charge in [0, 0.05) is 0 Å². The number of hydrogen-bond donors (Lipinski definition) is 0. The molecule has 7 heteroatoms. The van der Waals surface area contributed by atoms with E-state index in [1.54, 1.807) is 56.3 Å². The molecule has 0 saturated carbocycles. The maximum absolute atomic E-state index is 1.75. The van der Waals surface area contributed by atoms with Crippen molar-refractivity contribution in [3.8, 4) is 0 Å². The highest BCUT2D eigenvalue weighted by atomic mass is 32.3. The Morgan fingerprint density at radius 1 is 0.889 bits per heavy atom. The van der Waals surface area contributed by atoms with Gasteiger partial charge >= 0.3 is 0 Å². The van der Waals surface area contributed by atoms with Crippen molar-refractivity contribution in [3.05, 3.63) is 0 Å². The summed E-state index contributed by atoms with van der Waals surface area (Å²) in [6, 6.07) is 0. The van der Waals surface area contributed by atoms with Gasteiger partial charge in [0.25, 0.3) is 0 Å². The predicted molar refractivity (Wildman–Crippen MR) is 58.5 cm³/mol. The lowest BCUT2D eigenvalue weighted by Gasteiger charge is -1.78. The number of rotatable bonds is 0. The third kappa shape index (κ3) is 1.70. The van der Waals surface area contributed by atoms with Crippen LogP contribution in [0.3, 0.4) is 0 Å². The first-order chi connectivity index (χ1) is 4.47.